The summed E-state index contributed by atoms with van der Waals surface area (Å²) in [5.41, 5.74) is 1.60. The maximum absolute atomic E-state index is 11.8. The molecule has 2 aromatic rings. The Bertz CT molecular complexity index is 669. The third-order valence-corrected chi connectivity index (χ3v) is 3.15. The summed E-state index contributed by atoms with van der Waals surface area (Å²) in [7, 11) is 1.60. The van der Waals surface area contributed by atoms with Gasteiger partial charge in [-0.05, 0) is 45.8 Å². The number of hydrogen-bond donors (Lipinski definition) is 2. The average Bonchev–Trinajstić information content (AvgIpc) is 2.92. The van der Waals surface area contributed by atoms with Crippen LogP contribution in [0.25, 0.3) is 0 Å². The molecule has 22 heavy (non-hydrogen) atoms. The zero-order valence-corrected chi connectivity index (χ0v) is 13.5. The number of methoxy groups -OCH3 is 1. The van der Waals surface area contributed by atoms with Gasteiger partial charge in [-0.15, -0.1) is 0 Å². The van der Waals surface area contributed by atoms with Gasteiger partial charge in [-0.3, -0.25) is 9.59 Å². The Labute approximate surface area is 136 Å². The number of halogens is 1. The van der Waals surface area contributed by atoms with E-state index in [-0.39, 0.29) is 18.2 Å². The number of carbonyl (C=O) groups is 2. The third-order valence-electron chi connectivity index (χ3n) is 2.73. The molecule has 2 N–H and O–H groups in total. The number of benzene rings is 1. The number of amides is 2. The van der Waals surface area contributed by atoms with E-state index in [9.17, 15) is 9.59 Å². The highest BCUT2D eigenvalue weighted by molar-refractivity contribution is 9.10. The van der Waals surface area contributed by atoms with Crippen molar-refractivity contribution in [3.8, 4) is 0 Å². The molecule has 2 rings (SSSR count). The Morgan fingerprint density at radius 1 is 1.27 bits per heavy atom. The average molecular weight is 367 g/mol. The molecule has 0 aliphatic heterocycles. The maximum Gasteiger partial charge on any atom is 0.287 e. The number of anilines is 1. The molecule has 0 fully saturated rings. The van der Waals surface area contributed by atoms with E-state index >= 15 is 0 Å². The van der Waals surface area contributed by atoms with Crippen molar-refractivity contribution in [1.29, 1.82) is 0 Å². The zero-order chi connectivity index (χ0) is 15.9. The Morgan fingerprint density at radius 2 is 2.09 bits per heavy atom. The SMILES string of the molecule is COCc1cccc(NC(=O)CNC(=O)c2ccc(Br)o2)c1. The van der Waals surface area contributed by atoms with Crippen molar-refractivity contribution in [1.82, 2.24) is 5.32 Å². The number of hydrogen-bond acceptors (Lipinski definition) is 4. The lowest BCUT2D eigenvalue weighted by molar-refractivity contribution is -0.115. The van der Waals surface area contributed by atoms with Crippen LogP contribution in [0.4, 0.5) is 5.69 Å². The molecule has 7 heteroatoms. The Morgan fingerprint density at radius 3 is 2.77 bits per heavy atom. The molecule has 0 aliphatic carbocycles. The highest BCUT2D eigenvalue weighted by Crippen LogP contribution is 2.14. The zero-order valence-electron chi connectivity index (χ0n) is 11.9. The van der Waals surface area contributed by atoms with E-state index in [2.05, 4.69) is 26.6 Å². The van der Waals surface area contributed by atoms with Gasteiger partial charge in [0.25, 0.3) is 5.91 Å². The summed E-state index contributed by atoms with van der Waals surface area (Å²) in [5, 5.41) is 5.19. The molecule has 0 atom stereocenters. The Kier molecular flexibility index (Phi) is 5.74. The van der Waals surface area contributed by atoms with Crippen molar-refractivity contribution >= 4 is 33.4 Å². The van der Waals surface area contributed by atoms with Crippen molar-refractivity contribution < 1.29 is 18.7 Å². The van der Waals surface area contributed by atoms with Gasteiger partial charge in [0, 0.05) is 12.8 Å². The highest BCUT2D eigenvalue weighted by Gasteiger charge is 2.11. The monoisotopic (exact) mass is 366 g/mol. The van der Waals surface area contributed by atoms with E-state index in [1.165, 1.54) is 6.07 Å². The van der Waals surface area contributed by atoms with Gasteiger partial charge in [0.2, 0.25) is 5.91 Å². The van der Waals surface area contributed by atoms with Gasteiger partial charge in [0.1, 0.15) is 0 Å². The summed E-state index contributed by atoms with van der Waals surface area (Å²) >= 11 is 3.11. The van der Waals surface area contributed by atoms with Crippen LogP contribution in [0.2, 0.25) is 0 Å². The topological polar surface area (TPSA) is 80.6 Å². The normalized spacial score (nSPS) is 10.3. The van der Waals surface area contributed by atoms with E-state index in [1.54, 1.807) is 19.2 Å². The first-order valence-electron chi connectivity index (χ1n) is 6.50. The minimum absolute atomic E-state index is 0.141. The van der Waals surface area contributed by atoms with Crippen LogP contribution in [0, 0.1) is 0 Å². The summed E-state index contributed by atoms with van der Waals surface area (Å²) in [6.07, 6.45) is 0. The summed E-state index contributed by atoms with van der Waals surface area (Å²) in [6, 6.07) is 10.4. The van der Waals surface area contributed by atoms with Gasteiger partial charge in [0.05, 0.1) is 13.2 Å². The minimum Gasteiger partial charge on any atom is -0.444 e. The summed E-state index contributed by atoms with van der Waals surface area (Å²) in [6.45, 7) is 0.319. The third kappa shape index (κ3) is 4.71. The van der Waals surface area contributed by atoms with Gasteiger partial charge in [-0.25, -0.2) is 0 Å². The van der Waals surface area contributed by atoms with Crippen molar-refractivity contribution in [2.24, 2.45) is 0 Å². The quantitative estimate of drug-likeness (QED) is 0.823. The molecule has 2 amide bonds. The molecular weight excluding hydrogens is 352 g/mol. The predicted octanol–water partition coefficient (Wildman–Crippen LogP) is 2.56. The number of nitrogens with one attached hydrogen (secondary N) is 2. The molecule has 1 aromatic heterocycles. The second-order valence-electron chi connectivity index (χ2n) is 4.47. The molecule has 0 bridgehead atoms. The molecule has 0 aliphatic rings. The summed E-state index contributed by atoms with van der Waals surface area (Å²) in [4.78, 5) is 23.6. The highest BCUT2D eigenvalue weighted by atomic mass is 79.9. The van der Waals surface area contributed by atoms with E-state index in [0.717, 1.165) is 5.56 Å². The van der Waals surface area contributed by atoms with Crippen LogP contribution >= 0.6 is 15.9 Å². The fourth-order valence-electron chi connectivity index (χ4n) is 1.79. The molecule has 1 aromatic carbocycles. The van der Waals surface area contributed by atoms with Crippen LogP contribution in [-0.2, 0) is 16.1 Å². The maximum atomic E-state index is 11.8. The molecular formula is C15H15BrN2O4. The predicted molar refractivity (Wildman–Crippen MR) is 84.5 cm³/mol. The largest absolute Gasteiger partial charge is 0.444 e. The first kappa shape index (κ1) is 16.3. The summed E-state index contributed by atoms with van der Waals surface area (Å²) in [5.74, 6) is -0.635. The van der Waals surface area contributed by atoms with Gasteiger partial charge >= 0.3 is 0 Å². The molecule has 0 radical (unpaired) electrons. The van der Waals surface area contributed by atoms with Crippen molar-refractivity contribution in [3.63, 3.8) is 0 Å². The molecule has 1 heterocycles. The lowest BCUT2D eigenvalue weighted by atomic mass is 10.2. The molecule has 6 nitrogen and oxygen atoms in total. The fourth-order valence-corrected chi connectivity index (χ4v) is 2.10. The van der Waals surface area contributed by atoms with Crippen LogP contribution in [0.3, 0.4) is 0 Å². The first-order valence-corrected chi connectivity index (χ1v) is 7.29. The van der Waals surface area contributed by atoms with Gasteiger partial charge in [-0.1, -0.05) is 12.1 Å². The minimum atomic E-state index is -0.450. The van der Waals surface area contributed by atoms with Crippen LogP contribution in [-0.4, -0.2) is 25.5 Å². The number of furan rings is 1. The number of rotatable bonds is 6. The molecule has 0 saturated carbocycles. The van der Waals surface area contributed by atoms with Crippen LogP contribution in [0.5, 0.6) is 0 Å². The van der Waals surface area contributed by atoms with Gasteiger partial charge in [-0.2, -0.15) is 0 Å². The lowest BCUT2D eigenvalue weighted by Gasteiger charge is -2.07. The lowest BCUT2D eigenvalue weighted by Crippen LogP contribution is -2.32. The second-order valence-corrected chi connectivity index (χ2v) is 5.25. The van der Waals surface area contributed by atoms with Crippen molar-refractivity contribution in [2.75, 3.05) is 19.0 Å². The Hall–Kier alpha value is -2.12. The van der Waals surface area contributed by atoms with E-state index in [4.69, 9.17) is 9.15 Å². The smallest absolute Gasteiger partial charge is 0.287 e. The van der Waals surface area contributed by atoms with Crippen molar-refractivity contribution in [2.45, 2.75) is 6.61 Å². The fraction of sp³-hybridized carbons (Fsp3) is 0.200. The van der Waals surface area contributed by atoms with E-state index in [0.29, 0.717) is 17.0 Å². The van der Waals surface area contributed by atoms with Gasteiger partial charge < -0.3 is 19.8 Å². The molecule has 0 unspecified atom stereocenters. The summed E-state index contributed by atoms with van der Waals surface area (Å²) < 4.78 is 10.6. The second kappa shape index (κ2) is 7.77. The Balaban J connectivity index is 1.85. The molecule has 0 spiro atoms. The first-order chi connectivity index (χ1) is 10.6. The van der Waals surface area contributed by atoms with Crippen LogP contribution in [0.15, 0.2) is 45.5 Å². The van der Waals surface area contributed by atoms with Crippen LogP contribution in [0.1, 0.15) is 16.1 Å². The van der Waals surface area contributed by atoms with Gasteiger partial charge in [0.15, 0.2) is 10.4 Å². The van der Waals surface area contributed by atoms with E-state index in [1.807, 2.05) is 18.2 Å². The number of ether oxygens (including phenoxy) is 1. The van der Waals surface area contributed by atoms with Crippen LogP contribution < -0.4 is 10.6 Å². The van der Waals surface area contributed by atoms with Crippen molar-refractivity contribution in [3.05, 3.63) is 52.4 Å². The molecule has 0 saturated heterocycles. The molecule has 116 valence electrons. The number of carbonyl (C=O) groups excluding carboxylic acids is 2. The standard InChI is InChI=1S/C15H15BrN2O4/c1-21-9-10-3-2-4-11(7-10)18-14(19)8-17-15(20)12-5-6-13(16)22-12/h2-7H,8-9H2,1H3,(H,17,20)(H,18,19). The van der Waals surface area contributed by atoms with E-state index < -0.39 is 5.91 Å².